The van der Waals surface area contributed by atoms with Crippen LogP contribution in [0, 0.1) is 0 Å². The molecule has 0 saturated carbocycles. The number of alkyl halides is 1. The van der Waals surface area contributed by atoms with Gasteiger partial charge < -0.3 is 5.32 Å². The number of fused-ring (bicyclic) bond motifs is 1. The van der Waals surface area contributed by atoms with Crippen molar-refractivity contribution in [2.45, 2.75) is 11.4 Å². The SMILES string of the molecule is O=C1C(I)=CC(Cl)C2=CC=CNC12. The number of allylic oxidation sites excluding steroid dienone is 3. The van der Waals surface area contributed by atoms with E-state index >= 15 is 0 Å². The van der Waals surface area contributed by atoms with E-state index in [1.54, 1.807) is 12.3 Å². The van der Waals surface area contributed by atoms with Gasteiger partial charge in [0, 0.05) is 0 Å². The van der Waals surface area contributed by atoms with Crippen molar-refractivity contribution in [1.82, 2.24) is 5.32 Å². The Balaban J connectivity index is 2.43. The topological polar surface area (TPSA) is 29.1 Å². The second-order valence-corrected chi connectivity index (χ2v) is 4.54. The Kier molecular flexibility index (Phi) is 2.47. The minimum atomic E-state index is -0.246. The highest BCUT2D eigenvalue weighted by molar-refractivity contribution is 14.1. The molecule has 0 aromatic heterocycles. The number of ketones is 1. The molecule has 4 heteroatoms. The quantitative estimate of drug-likeness (QED) is 0.547. The van der Waals surface area contributed by atoms with Gasteiger partial charge >= 0.3 is 0 Å². The number of dihydropyridines is 1. The first-order valence-corrected chi connectivity index (χ1v) is 5.40. The molecule has 1 heterocycles. The predicted octanol–water partition coefficient (Wildman–Crippen LogP) is 1.91. The number of carbonyl (C=O) groups is 1. The van der Waals surface area contributed by atoms with Crippen LogP contribution in [0.1, 0.15) is 0 Å². The summed E-state index contributed by atoms with van der Waals surface area (Å²) in [7, 11) is 0. The van der Waals surface area contributed by atoms with E-state index < -0.39 is 0 Å². The molecule has 2 aliphatic rings. The number of hydrogen-bond donors (Lipinski definition) is 1. The molecule has 1 aliphatic carbocycles. The van der Waals surface area contributed by atoms with Gasteiger partial charge in [-0.15, -0.1) is 11.6 Å². The largest absolute Gasteiger partial charge is 0.378 e. The van der Waals surface area contributed by atoms with Crippen LogP contribution in [0.25, 0.3) is 0 Å². The molecule has 0 saturated heterocycles. The lowest BCUT2D eigenvalue weighted by Gasteiger charge is -2.27. The standard InChI is InChI=1S/C9H7ClINO/c10-6-4-7(11)9(13)8-5(6)2-1-3-12-8/h1-4,6,8,12H. The second-order valence-electron chi connectivity index (χ2n) is 2.91. The van der Waals surface area contributed by atoms with Crippen LogP contribution in [-0.4, -0.2) is 17.2 Å². The summed E-state index contributed by atoms with van der Waals surface area (Å²) in [6, 6.07) is -0.246. The van der Waals surface area contributed by atoms with Crippen LogP contribution >= 0.6 is 34.2 Å². The Bertz CT molecular complexity index is 346. The van der Waals surface area contributed by atoms with Gasteiger partial charge in [-0.1, -0.05) is 6.08 Å². The molecule has 2 atom stereocenters. The molecule has 0 amide bonds. The fourth-order valence-corrected chi connectivity index (χ4v) is 2.63. The summed E-state index contributed by atoms with van der Waals surface area (Å²) in [6.45, 7) is 0. The summed E-state index contributed by atoms with van der Waals surface area (Å²) in [6.07, 6.45) is 7.31. The fraction of sp³-hybridized carbons (Fsp3) is 0.222. The molecule has 2 nitrogen and oxygen atoms in total. The Morgan fingerprint density at radius 1 is 1.54 bits per heavy atom. The van der Waals surface area contributed by atoms with E-state index in [0.29, 0.717) is 3.58 Å². The van der Waals surface area contributed by atoms with Crippen LogP contribution in [0.5, 0.6) is 0 Å². The minimum Gasteiger partial charge on any atom is -0.378 e. The van der Waals surface area contributed by atoms with Gasteiger partial charge in [0.2, 0.25) is 0 Å². The Morgan fingerprint density at radius 2 is 2.31 bits per heavy atom. The van der Waals surface area contributed by atoms with Gasteiger partial charge in [0.25, 0.3) is 0 Å². The third-order valence-electron chi connectivity index (χ3n) is 2.09. The van der Waals surface area contributed by atoms with Gasteiger partial charge in [-0.25, -0.2) is 0 Å². The first kappa shape index (κ1) is 9.27. The molecule has 68 valence electrons. The van der Waals surface area contributed by atoms with Crippen LogP contribution in [0.3, 0.4) is 0 Å². The van der Waals surface area contributed by atoms with E-state index in [1.165, 1.54) is 0 Å². The van der Waals surface area contributed by atoms with Crippen molar-refractivity contribution in [2.24, 2.45) is 0 Å². The number of halogens is 2. The Labute approximate surface area is 94.9 Å². The number of Topliss-reactive ketones (excluding diaryl/α,β-unsaturated/α-hetero) is 1. The first-order chi connectivity index (χ1) is 6.20. The zero-order chi connectivity index (χ0) is 9.42. The zero-order valence-corrected chi connectivity index (χ0v) is 9.54. The highest BCUT2D eigenvalue weighted by Crippen LogP contribution is 2.29. The zero-order valence-electron chi connectivity index (χ0n) is 6.63. The normalized spacial score (nSPS) is 31.7. The molecule has 0 spiro atoms. The van der Waals surface area contributed by atoms with E-state index in [9.17, 15) is 4.79 Å². The van der Waals surface area contributed by atoms with Gasteiger partial charge in [-0.2, -0.15) is 0 Å². The lowest BCUT2D eigenvalue weighted by atomic mass is 9.92. The molecule has 2 rings (SSSR count). The molecule has 0 bridgehead atoms. The molecular weight excluding hydrogens is 300 g/mol. The molecular formula is C9H7ClINO. The number of nitrogens with one attached hydrogen (secondary N) is 1. The van der Waals surface area contributed by atoms with Crippen molar-refractivity contribution in [2.75, 3.05) is 0 Å². The van der Waals surface area contributed by atoms with E-state index in [-0.39, 0.29) is 17.2 Å². The van der Waals surface area contributed by atoms with E-state index in [0.717, 1.165) is 5.57 Å². The fourth-order valence-electron chi connectivity index (χ4n) is 1.43. The van der Waals surface area contributed by atoms with Crippen molar-refractivity contribution in [3.05, 3.63) is 33.6 Å². The lowest BCUT2D eigenvalue weighted by Crippen LogP contribution is -2.41. The summed E-state index contributed by atoms with van der Waals surface area (Å²) < 4.78 is 0.711. The van der Waals surface area contributed by atoms with Crippen LogP contribution < -0.4 is 5.32 Å². The molecule has 1 N–H and O–H groups in total. The van der Waals surface area contributed by atoms with E-state index in [2.05, 4.69) is 5.32 Å². The first-order valence-electron chi connectivity index (χ1n) is 3.88. The summed E-state index contributed by atoms with van der Waals surface area (Å²) in [4.78, 5) is 11.6. The molecule has 1 aliphatic heterocycles. The molecule has 0 fully saturated rings. The van der Waals surface area contributed by atoms with Crippen LogP contribution in [0.4, 0.5) is 0 Å². The highest BCUT2D eigenvalue weighted by atomic mass is 127. The molecule has 0 aromatic carbocycles. The summed E-state index contributed by atoms with van der Waals surface area (Å²) in [5.74, 6) is 0.105. The van der Waals surface area contributed by atoms with Gasteiger partial charge in [0.15, 0.2) is 5.78 Å². The van der Waals surface area contributed by atoms with E-state index in [4.69, 9.17) is 11.6 Å². The van der Waals surface area contributed by atoms with E-state index in [1.807, 2.05) is 34.7 Å². The Morgan fingerprint density at radius 3 is 3.08 bits per heavy atom. The second kappa shape index (κ2) is 3.46. The maximum Gasteiger partial charge on any atom is 0.195 e. The average Bonchev–Trinajstić information content (AvgIpc) is 2.15. The van der Waals surface area contributed by atoms with Crippen molar-refractivity contribution < 1.29 is 4.79 Å². The summed E-state index contributed by atoms with van der Waals surface area (Å²) in [5.41, 5.74) is 0.939. The molecule has 13 heavy (non-hydrogen) atoms. The number of rotatable bonds is 0. The highest BCUT2D eigenvalue weighted by Gasteiger charge is 2.32. The van der Waals surface area contributed by atoms with Crippen LogP contribution in [0.2, 0.25) is 0 Å². The third-order valence-corrected chi connectivity index (χ3v) is 3.36. The molecule has 2 unspecified atom stereocenters. The van der Waals surface area contributed by atoms with Gasteiger partial charge in [0.1, 0.15) is 6.04 Å². The molecule has 0 aromatic rings. The number of carbonyl (C=O) groups excluding carboxylic acids is 1. The monoisotopic (exact) mass is 307 g/mol. The summed E-state index contributed by atoms with van der Waals surface area (Å²) in [5, 5.41) is 2.84. The maximum atomic E-state index is 11.6. The van der Waals surface area contributed by atoms with Gasteiger partial charge in [0.05, 0.1) is 8.96 Å². The van der Waals surface area contributed by atoms with Gasteiger partial charge in [-0.3, -0.25) is 4.79 Å². The predicted molar refractivity (Wildman–Crippen MR) is 60.9 cm³/mol. The maximum absolute atomic E-state index is 11.6. The van der Waals surface area contributed by atoms with Crippen molar-refractivity contribution >= 4 is 40.0 Å². The smallest absolute Gasteiger partial charge is 0.195 e. The third kappa shape index (κ3) is 1.55. The minimum absolute atomic E-state index is 0.105. The number of hydrogen-bond acceptors (Lipinski definition) is 2. The van der Waals surface area contributed by atoms with Crippen LogP contribution in [0.15, 0.2) is 33.6 Å². The molecule has 0 radical (unpaired) electrons. The Hall–Kier alpha value is -0.290. The van der Waals surface area contributed by atoms with Gasteiger partial charge in [-0.05, 0) is 46.5 Å². The van der Waals surface area contributed by atoms with Crippen LogP contribution in [-0.2, 0) is 4.79 Å². The van der Waals surface area contributed by atoms with Crippen molar-refractivity contribution in [3.63, 3.8) is 0 Å². The van der Waals surface area contributed by atoms with Crippen molar-refractivity contribution in [3.8, 4) is 0 Å². The lowest BCUT2D eigenvalue weighted by molar-refractivity contribution is -0.115. The summed E-state index contributed by atoms with van der Waals surface area (Å²) >= 11 is 8.10. The van der Waals surface area contributed by atoms with Crippen molar-refractivity contribution in [1.29, 1.82) is 0 Å². The average molecular weight is 308 g/mol.